The fraction of sp³-hybridized carbons (Fsp3) is 0.562. The van der Waals surface area contributed by atoms with Gasteiger partial charge in [-0.2, -0.15) is 0 Å². The third kappa shape index (κ3) is 3.26. The molecule has 0 aliphatic carbocycles. The first-order valence-corrected chi connectivity index (χ1v) is 7.36. The van der Waals surface area contributed by atoms with Gasteiger partial charge in [0.15, 0.2) is 0 Å². The number of benzene rings is 1. The monoisotopic (exact) mass is 275 g/mol. The van der Waals surface area contributed by atoms with Crippen molar-refractivity contribution in [3.63, 3.8) is 0 Å². The molecule has 108 valence electrons. The molecule has 20 heavy (non-hydrogen) atoms. The van der Waals surface area contributed by atoms with E-state index >= 15 is 0 Å². The molecule has 4 nitrogen and oxygen atoms in total. The van der Waals surface area contributed by atoms with Crippen LogP contribution in [0.25, 0.3) is 0 Å². The van der Waals surface area contributed by atoms with Crippen molar-refractivity contribution in [1.82, 2.24) is 5.32 Å². The quantitative estimate of drug-likeness (QED) is 0.907. The van der Waals surface area contributed by atoms with Crippen molar-refractivity contribution in [2.45, 2.75) is 31.5 Å². The summed E-state index contributed by atoms with van der Waals surface area (Å²) in [6.07, 6.45) is 1.82. The van der Waals surface area contributed by atoms with E-state index in [-0.39, 0.29) is 18.0 Å². The van der Waals surface area contributed by atoms with Gasteiger partial charge in [-0.15, -0.1) is 0 Å². The molecule has 1 aromatic rings. The molecule has 1 saturated heterocycles. The van der Waals surface area contributed by atoms with Gasteiger partial charge in [0.05, 0.1) is 25.4 Å². The SMILES string of the molecule is O=C(CC1CNCCO1)CC1OCCc2ccccc21. The number of Topliss-reactive ketones (excluding diaryl/α,β-unsaturated/α-hetero) is 1. The van der Waals surface area contributed by atoms with E-state index in [9.17, 15) is 4.79 Å². The Morgan fingerprint density at radius 2 is 2.10 bits per heavy atom. The van der Waals surface area contributed by atoms with Crippen molar-refractivity contribution in [2.24, 2.45) is 0 Å². The lowest BCUT2D eigenvalue weighted by atomic mass is 9.93. The van der Waals surface area contributed by atoms with E-state index in [0.717, 1.165) is 19.5 Å². The molecule has 3 rings (SSSR count). The normalized spacial score (nSPS) is 26.0. The highest BCUT2D eigenvalue weighted by Gasteiger charge is 2.25. The number of fused-ring (bicyclic) bond motifs is 1. The van der Waals surface area contributed by atoms with E-state index in [4.69, 9.17) is 9.47 Å². The van der Waals surface area contributed by atoms with Gasteiger partial charge in [-0.3, -0.25) is 4.79 Å². The molecular weight excluding hydrogens is 254 g/mol. The summed E-state index contributed by atoms with van der Waals surface area (Å²) in [4.78, 5) is 12.2. The van der Waals surface area contributed by atoms with Crippen LogP contribution in [0.3, 0.4) is 0 Å². The molecule has 2 aliphatic rings. The minimum atomic E-state index is -0.0796. The Balaban J connectivity index is 1.59. The van der Waals surface area contributed by atoms with Crippen LogP contribution in [-0.2, 0) is 20.7 Å². The largest absolute Gasteiger partial charge is 0.375 e. The smallest absolute Gasteiger partial charge is 0.138 e. The summed E-state index contributed by atoms with van der Waals surface area (Å²) in [6, 6.07) is 8.26. The lowest BCUT2D eigenvalue weighted by Gasteiger charge is -2.27. The van der Waals surface area contributed by atoms with Crippen LogP contribution in [0.2, 0.25) is 0 Å². The number of ether oxygens (including phenoxy) is 2. The average Bonchev–Trinajstić information content (AvgIpc) is 2.48. The van der Waals surface area contributed by atoms with Crippen LogP contribution in [0.15, 0.2) is 24.3 Å². The molecule has 1 N–H and O–H groups in total. The third-order valence-electron chi connectivity index (χ3n) is 3.97. The molecule has 4 heteroatoms. The zero-order chi connectivity index (χ0) is 13.8. The van der Waals surface area contributed by atoms with Gasteiger partial charge in [0.2, 0.25) is 0 Å². The van der Waals surface area contributed by atoms with E-state index in [1.54, 1.807) is 0 Å². The van der Waals surface area contributed by atoms with Gasteiger partial charge in [-0.1, -0.05) is 24.3 Å². The molecule has 2 atom stereocenters. The molecule has 0 saturated carbocycles. The van der Waals surface area contributed by atoms with Crippen LogP contribution in [-0.4, -0.2) is 38.2 Å². The maximum atomic E-state index is 12.2. The molecule has 1 fully saturated rings. The molecule has 0 radical (unpaired) electrons. The van der Waals surface area contributed by atoms with Gasteiger partial charge < -0.3 is 14.8 Å². The second-order valence-corrected chi connectivity index (χ2v) is 5.45. The van der Waals surface area contributed by atoms with E-state index in [1.807, 2.05) is 12.1 Å². The van der Waals surface area contributed by atoms with Gasteiger partial charge in [0.1, 0.15) is 5.78 Å². The minimum Gasteiger partial charge on any atom is -0.375 e. The Labute approximate surface area is 119 Å². The molecule has 2 aliphatic heterocycles. The van der Waals surface area contributed by atoms with Gasteiger partial charge in [-0.05, 0) is 17.5 Å². The molecule has 2 unspecified atom stereocenters. The lowest BCUT2D eigenvalue weighted by Crippen LogP contribution is -2.39. The topological polar surface area (TPSA) is 47.6 Å². The number of nitrogens with one attached hydrogen (secondary N) is 1. The molecule has 0 bridgehead atoms. The van der Waals surface area contributed by atoms with Crippen molar-refractivity contribution >= 4 is 5.78 Å². The fourth-order valence-electron chi connectivity index (χ4n) is 2.94. The summed E-state index contributed by atoms with van der Waals surface area (Å²) in [7, 11) is 0. The van der Waals surface area contributed by atoms with Crippen molar-refractivity contribution in [1.29, 1.82) is 0 Å². The summed E-state index contributed by atoms with van der Waals surface area (Å²) in [5.74, 6) is 0.223. The predicted octanol–water partition coefficient (Wildman–Crippen LogP) is 1.64. The second kappa shape index (κ2) is 6.48. The first kappa shape index (κ1) is 13.7. The number of carbonyl (C=O) groups is 1. The van der Waals surface area contributed by atoms with Gasteiger partial charge >= 0.3 is 0 Å². The highest BCUT2D eigenvalue weighted by molar-refractivity contribution is 5.79. The van der Waals surface area contributed by atoms with Crippen LogP contribution in [0, 0.1) is 0 Å². The van der Waals surface area contributed by atoms with Gasteiger partial charge in [-0.25, -0.2) is 0 Å². The summed E-state index contributed by atoms with van der Waals surface area (Å²) in [6.45, 7) is 3.05. The van der Waals surface area contributed by atoms with Gasteiger partial charge in [0, 0.05) is 25.9 Å². The Kier molecular flexibility index (Phi) is 4.45. The number of ketones is 1. The Morgan fingerprint density at radius 1 is 1.20 bits per heavy atom. The summed E-state index contributed by atoms with van der Waals surface area (Å²) >= 11 is 0. The van der Waals surface area contributed by atoms with Crippen molar-refractivity contribution < 1.29 is 14.3 Å². The zero-order valence-electron chi connectivity index (χ0n) is 11.6. The third-order valence-corrected chi connectivity index (χ3v) is 3.97. The number of rotatable bonds is 4. The van der Waals surface area contributed by atoms with E-state index in [0.29, 0.717) is 26.1 Å². The molecule has 0 amide bonds. The van der Waals surface area contributed by atoms with E-state index in [2.05, 4.69) is 17.4 Å². The summed E-state index contributed by atoms with van der Waals surface area (Å²) < 4.78 is 11.4. The predicted molar refractivity (Wildman–Crippen MR) is 75.7 cm³/mol. The standard InChI is InChI=1S/C16H21NO3/c18-13(9-14-11-17-6-8-19-14)10-16-15-4-2-1-3-12(15)5-7-20-16/h1-4,14,16-17H,5-11H2. The highest BCUT2D eigenvalue weighted by atomic mass is 16.5. The van der Waals surface area contributed by atoms with Crippen molar-refractivity contribution in [3.8, 4) is 0 Å². The van der Waals surface area contributed by atoms with Crippen LogP contribution < -0.4 is 5.32 Å². The number of hydrogen-bond acceptors (Lipinski definition) is 4. The highest BCUT2D eigenvalue weighted by Crippen LogP contribution is 2.30. The number of morpholine rings is 1. The first-order chi connectivity index (χ1) is 9.83. The average molecular weight is 275 g/mol. The maximum absolute atomic E-state index is 12.2. The Bertz CT molecular complexity index is 469. The summed E-state index contributed by atoms with van der Waals surface area (Å²) in [5, 5.41) is 3.25. The van der Waals surface area contributed by atoms with Crippen LogP contribution >= 0.6 is 0 Å². The lowest BCUT2D eigenvalue weighted by molar-refractivity contribution is -0.125. The Morgan fingerprint density at radius 3 is 2.95 bits per heavy atom. The van der Waals surface area contributed by atoms with E-state index in [1.165, 1.54) is 11.1 Å². The van der Waals surface area contributed by atoms with Crippen LogP contribution in [0.5, 0.6) is 0 Å². The van der Waals surface area contributed by atoms with Crippen LogP contribution in [0.4, 0.5) is 0 Å². The zero-order valence-corrected chi connectivity index (χ0v) is 11.6. The van der Waals surface area contributed by atoms with Gasteiger partial charge in [0.25, 0.3) is 0 Å². The Hall–Kier alpha value is -1.23. The molecule has 2 heterocycles. The second-order valence-electron chi connectivity index (χ2n) is 5.45. The minimum absolute atomic E-state index is 0.0232. The van der Waals surface area contributed by atoms with Crippen molar-refractivity contribution in [2.75, 3.05) is 26.3 Å². The fourth-order valence-corrected chi connectivity index (χ4v) is 2.94. The van der Waals surface area contributed by atoms with E-state index < -0.39 is 0 Å². The molecular formula is C16H21NO3. The van der Waals surface area contributed by atoms with Crippen molar-refractivity contribution in [3.05, 3.63) is 35.4 Å². The maximum Gasteiger partial charge on any atom is 0.138 e. The van der Waals surface area contributed by atoms with Crippen LogP contribution in [0.1, 0.15) is 30.1 Å². The summed E-state index contributed by atoms with van der Waals surface area (Å²) in [5.41, 5.74) is 2.49. The number of carbonyl (C=O) groups excluding carboxylic acids is 1. The first-order valence-electron chi connectivity index (χ1n) is 7.36. The molecule has 0 aromatic heterocycles. The molecule has 1 aromatic carbocycles. The number of hydrogen-bond donors (Lipinski definition) is 1. The molecule has 0 spiro atoms.